The summed E-state index contributed by atoms with van der Waals surface area (Å²) in [5, 5.41) is 8.26. The van der Waals surface area contributed by atoms with Crippen LogP contribution in [-0.4, -0.2) is 31.3 Å². The highest BCUT2D eigenvalue weighted by Crippen LogP contribution is 2.36. The average Bonchev–Trinajstić information content (AvgIpc) is 3.37. The molecule has 0 spiro atoms. The van der Waals surface area contributed by atoms with E-state index in [1.807, 2.05) is 60.8 Å². The first kappa shape index (κ1) is 20.3. The molecule has 30 heavy (non-hydrogen) atoms. The molecule has 0 aliphatic carbocycles. The highest BCUT2D eigenvalue weighted by atomic mass is 32.2. The maximum Gasteiger partial charge on any atom is 0.274 e. The minimum atomic E-state index is -3.33. The Morgan fingerprint density at radius 1 is 1.10 bits per heavy atom. The molecule has 8 heteroatoms. The van der Waals surface area contributed by atoms with E-state index in [0.29, 0.717) is 17.7 Å². The van der Waals surface area contributed by atoms with E-state index in [1.54, 1.807) is 28.5 Å². The molecule has 2 aromatic carbocycles. The summed E-state index contributed by atoms with van der Waals surface area (Å²) in [6.45, 7) is 1.92. The Hall–Kier alpha value is -2.97. The van der Waals surface area contributed by atoms with E-state index >= 15 is 0 Å². The second-order valence-corrected chi connectivity index (χ2v) is 9.93. The van der Waals surface area contributed by atoms with Crippen molar-refractivity contribution in [3.05, 3.63) is 87.6 Å². The first-order chi connectivity index (χ1) is 14.3. The summed E-state index contributed by atoms with van der Waals surface area (Å²) in [4.78, 5) is 14.4. The second-order valence-electron chi connectivity index (χ2n) is 7.20. The molecule has 0 saturated carbocycles. The monoisotopic (exact) mass is 439 g/mol. The molecular formula is C22H21N3O3S2. The van der Waals surface area contributed by atoms with Gasteiger partial charge in [0.25, 0.3) is 5.91 Å². The number of anilines is 1. The van der Waals surface area contributed by atoms with E-state index in [-0.39, 0.29) is 11.9 Å². The van der Waals surface area contributed by atoms with Crippen LogP contribution in [0.1, 0.15) is 38.8 Å². The van der Waals surface area contributed by atoms with Crippen LogP contribution in [0.15, 0.2) is 71.1 Å². The summed E-state index contributed by atoms with van der Waals surface area (Å²) in [5.41, 5.74) is 3.68. The summed E-state index contributed by atoms with van der Waals surface area (Å²) in [7, 11) is -3.33. The van der Waals surface area contributed by atoms with Gasteiger partial charge in [0.2, 0.25) is 10.0 Å². The van der Waals surface area contributed by atoms with Crippen molar-refractivity contribution < 1.29 is 13.2 Å². The van der Waals surface area contributed by atoms with Crippen molar-refractivity contribution in [1.82, 2.24) is 5.01 Å². The van der Waals surface area contributed by atoms with Crippen LogP contribution >= 0.6 is 11.3 Å². The van der Waals surface area contributed by atoms with Crippen molar-refractivity contribution >= 4 is 38.7 Å². The standard InChI is InChI=1S/C22H21N3O3S2/c1-15-6-3-4-7-18(15)22(26)25-20(21-8-5-13-29-21)14-19(23-25)16-9-11-17(12-10-16)24-30(2,27)28/h3-13,20,24H,14H2,1-2H3/t20-/m1/s1. The normalized spacial score (nSPS) is 16.4. The Kier molecular flexibility index (Phi) is 5.44. The Morgan fingerprint density at radius 2 is 1.83 bits per heavy atom. The Labute approximate surface area is 179 Å². The lowest BCUT2D eigenvalue weighted by Crippen LogP contribution is -2.27. The van der Waals surface area contributed by atoms with Crippen LogP contribution in [0, 0.1) is 6.92 Å². The number of benzene rings is 2. The van der Waals surface area contributed by atoms with E-state index in [9.17, 15) is 13.2 Å². The van der Waals surface area contributed by atoms with Crippen molar-refractivity contribution in [2.24, 2.45) is 5.10 Å². The van der Waals surface area contributed by atoms with Crippen LogP contribution in [0.4, 0.5) is 5.69 Å². The number of amides is 1. The zero-order chi connectivity index (χ0) is 21.3. The fourth-order valence-electron chi connectivity index (χ4n) is 3.46. The van der Waals surface area contributed by atoms with Gasteiger partial charge in [-0.25, -0.2) is 13.4 Å². The minimum Gasteiger partial charge on any atom is -0.284 e. The van der Waals surface area contributed by atoms with Crippen molar-refractivity contribution in [3.8, 4) is 0 Å². The van der Waals surface area contributed by atoms with Gasteiger partial charge >= 0.3 is 0 Å². The summed E-state index contributed by atoms with van der Waals surface area (Å²) in [5.74, 6) is -0.128. The zero-order valence-electron chi connectivity index (χ0n) is 16.6. The van der Waals surface area contributed by atoms with Gasteiger partial charge in [0, 0.05) is 22.5 Å². The lowest BCUT2D eigenvalue weighted by atomic mass is 10.0. The average molecular weight is 440 g/mol. The van der Waals surface area contributed by atoms with Crippen LogP contribution in [-0.2, 0) is 10.0 Å². The summed E-state index contributed by atoms with van der Waals surface area (Å²) < 4.78 is 25.3. The quantitative estimate of drug-likeness (QED) is 0.639. The van der Waals surface area contributed by atoms with Gasteiger partial charge < -0.3 is 0 Å². The molecule has 1 N–H and O–H groups in total. The number of thiophene rings is 1. The van der Waals surface area contributed by atoms with Gasteiger partial charge in [0.1, 0.15) is 0 Å². The molecule has 0 bridgehead atoms. The van der Waals surface area contributed by atoms with Gasteiger partial charge in [0.15, 0.2) is 0 Å². The van der Waals surface area contributed by atoms with Crippen LogP contribution in [0.2, 0.25) is 0 Å². The lowest BCUT2D eigenvalue weighted by molar-refractivity contribution is 0.0713. The maximum atomic E-state index is 13.3. The van der Waals surface area contributed by atoms with Crippen LogP contribution in [0.5, 0.6) is 0 Å². The maximum absolute atomic E-state index is 13.3. The van der Waals surface area contributed by atoms with Crippen LogP contribution in [0.25, 0.3) is 0 Å². The van der Waals surface area contributed by atoms with Gasteiger partial charge in [-0.1, -0.05) is 36.4 Å². The molecule has 1 atom stereocenters. The topological polar surface area (TPSA) is 78.8 Å². The highest BCUT2D eigenvalue weighted by molar-refractivity contribution is 7.92. The molecule has 1 aliphatic heterocycles. The molecule has 0 unspecified atom stereocenters. The van der Waals surface area contributed by atoms with Crippen molar-refractivity contribution in [1.29, 1.82) is 0 Å². The molecule has 0 saturated heterocycles. The molecule has 6 nitrogen and oxygen atoms in total. The van der Waals surface area contributed by atoms with Crippen LogP contribution in [0.3, 0.4) is 0 Å². The van der Waals surface area contributed by atoms with Gasteiger partial charge in [-0.05, 0) is 47.7 Å². The molecule has 1 aromatic heterocycles. The number of hydrazone groups is 1. The molecule has 0 fully saturated rings. The SMILES string of the molecule is Cc1ccccc1C(=O)N1N=C(c2ccc(NS(C)(=O)=O)cc2)C[C@@H]1c1cccs1. The first-order valence-electron chi connectivity index (χ1n) is 9.40. The van der Waals surface area contributed by atoms with Gasteiger partial charge in [-0.3, -0.25) is 9.52 Å². The largest absolute Gasteiger partial charge is 0.284 e. The van der Waals surface area contributed by atoms with E-state index in [2.05, 4.69) is 9.82 Å². The number of hydrogen-bond acceptors (Lipinski definition) is 5. The Balaban J connectivity index is 1.67. The lowest BCUT2D eigenvalue weighted by Gasteiger charge is -2.21. The number of hydrogen-bond donors (Lipinski definition) is 1. The van der Waals surface area contributed by atoms with Gasteiger partial charge in [-0.15, -0.1) is 11.3 Å². The predicted octanol–water partition coefficient (Wildman–Crippen LogP) is 4.42. The number of sulfonamides is 1. The molecule has 154 valence electrons. The summed E-state index contributed by atoms with van der Waals surface area (Å²) in [6, 6.07) is 18.4. The Morgan fingerprint density at radius 3 is 2.47 bits per heavy atom. The number of nitrogens with zero attached hydrogens (tertiary/aromatic N) is 2. The third kappa shape index (κ3) is 4.29. The third-order valence-corrected chi connectivity index (χ3v) is 6.47. The number of carbonyl (C=O) groups excluding carboxylic acids is 1. The molecule has 0 radical (unpaired) electrons. The number of aryl methyl sites for hydroxylation is 1. The Bertz CT molecular complexity index is 1200. The predicted molar refractivity (Wildman–Crippen MR) is 120 cm³/mol. The van der Waals surface area contributed by atoms with E-state index in [4.69, 9.17) is 0 Å². The highest BCUT2D eigenvalue weighted by Gasteiger charge is 2.34. The van der Waals surface area contributed by atoms with Crippen molar-refractivity contribution in [2.45, 2.75) is 19.4 Å². The summed E-state index contributed by atoms with van der Waals surface area (Å²) in [6.07, 6.45) is 1.71. The van der Waals surface area contributed by atoms with Gasteiger partial charge in [0.05, 0.1) is 18.0 Å². The number of carbonyl (C=O) groups is 1. The first-order valence-corrected chi connectivity index (χ1v) is 12.2. The fraction of sp³-hybridized carbons (Fsp3) is 0.182. The summed E-state index contributed by atoms with van der Waals surface area (Å²) >= 11 is 1.60. The van der Waals surface area contributed by atoms with E-state index in [0.717, 1.165) is 28.0 Å². The number of nitrogens with one attached hydrogen (secondary N) is 1. The molecule has 4 rings (SSSR count). The number of rotatable bonds is 5. The second kappa shape index (κ2) is 8.04. The van der Waals surface area contributed by atoms with Crippen LogP contribution < -0.4 is 4.72 Å². The van der Waals surface area contributed by atoms with Crippen molar-refractivity contribution in [2.75, 3.05) is 11.0 Å². The smallest absolute Gasteiger partial charge is 0.274 e. The van der Waals surface area contributed by atoms with Crippen molar-refractivity contribution in [3.63, 3.8) is 0 Å². The van der Waals surface area contributed by atoms with Gasteiger partial charge in [-0.2, -0.15) is 5.10 Å². The zero-order valence-corrected chi connectivity index (χ0v) is 18.2. The molecule has 2 heterocycles. The van der Waals surface area contributed by atoms with E-state index in [1.165, 1.54) is 0 Å². The molecule has 1 aliphatic rings. The van der Waals surface area contributed by atoms with E-state index < -0.39 is 10.0 Å². The fourth-order valence-corrected chi connectivity index (χ4v) is 4.83. The molecule has 1 amide bonds. The minimum absolute atomic E-state index is 0.128. The molecular weight excluding hydrogens is 418 g/mol. The molecule has 3 aromatic rings. The third-order valence-electron chi connectivity index (χ3n) is 4.89.